The van der Waals surface area contributed by atoms with Crippen LogP contribution in [0.2, 0.25) is 0 Å². The predicted molar refractivity (Wildman–Crippen MR) is 81.3 cm³/mol. The minimum absolute atomic E-state index is 0.504. The van der Waals surface area contributed by atoms with Crippen LogP contribution in [0.3, 0.4) is 0 Å². The first-order valence-electron chi connectivity index (χ1n) is 6.84. The van der Waals surface area contributed by atoms with Crippen LogP contribution in [0, 0.1) is 6.92 Å². The van der Waals surface area contributed by atoms with Gasteiger partial charge in [0.1, 0.15) is 0 Å². The first kappa shape index (κ1) is 13.2. The second-order valence-electron chi connectivity index (χ2n) is 4.58. The molecule has 0 aliphatic rings. The zero-order valence-corrected chi connectivity index (χ0v) is 12.0. The summed E-state index contributed by atoms with van der Waals surface area (Å²) in [6, 6.07) is 9.86. The Balaban J connectivity index is 2.14. The van der Waals surface area contributed by atoms with Crippen molar-refractivity contribution in [2.45, 2.75) is 13.8 Å². The Bertz CT molecular complexity index is 736. The van der Waals surface area contributed by atoms with Crippen LogP contribution in [0.5, 0.6) is 0 Å². The van der Waals surface area contributed by atoms with E-state index in [4.69, 9.17) is 0 Å². The van der Waals surface area contributed by atoms with Gasteiger partial charge in [0.25, 0.3) is 5.95 Å². The summed E-state index contributed by atoms with van der Waals surface area (Å²) in [6.07, 6.45) is 3.51. The number of rotatable bonds is 4. The van der Waals surface area contributed by atoms with E-state index in [1.807, 2.05) is 50.4 Å². The van der Waals surface area contributed by atoms with Gasteiger partial charge in [0.05, 0.1) is 0 Å². The molecule has 0 amide bonds. The molecule has 2 aromatic heterocycles. The molecule has 3 aromatic rings. The Morgan fingerprint density at radius 3 is 2.67 bits per heavy atom. The topological polar surface area (TPSA) is 68.5 Å². The highest BCUT2D eigenvalue weighted by Gasteiger charge is 2.11. The Morgan fingerprint density at radius 2 is 1.95 bits per heavy atom. The lowest BCUT2D eigenvalue weighted by Gasteiger charge is -2.09. The van der Waals surface area contributed by atoms with Gasteiger partial charge in [-0.15, -0.1) is 0 Å². The largest absolute Gasteiger partial charge is 0.354 e. The Labute approximate surface area is 122 Å². The lowest BCUT2D eigenvalue weighted by atomic mass is 10.1. The fraction of sp³-hybridized carbons (Fsp3) is 0.200. The minimum atomic E-state index is 0.504. The number of anilines is 1. The van der Waals surface area contributed by atoms with Gasteiger partial charge in [0.2, 0.25) is 5.95 Å². The van der Waals surface area contributed by atoms with E-state index in [0.717, 1.165) is 17.7 Å². The van der Waals surface area contributed by atoms with E-state index < -0.39 is 0 Å². The first-order valence-corrected chi connectivity index (χ1v) is 6.84. The molecule has 0 aliphatic heterocycles. The van der Waals surface area contributed by atoms with Crippen LogP contribution >= 0.6 is 0 Å². The van der Waals surface area contributed by atoms with Crippen molar-refractivity contribution in [2.24, 2.45) is 0 Å². The number of aromatic nitrogens is 5. The zero-order chi connectivity index (χ0) is 14.7. The van der Waals surface area contributed by atoms with Crippen molar-refractivity contribution in [1.29, 1.82) is 0 Å². The van der Waals surface area contributed by atoms with Gasteiger partial charge >= 0.3 is 0 Å². The predicted octanol–water partition coefficient (Wildman–Crippen LogP) is 2.46. The SMILES string of the molecule is CCNc1nc(-c2ccccc2C)nc(-n2cccn2)n1. The summed E-state index contributed by atoms with van der Waals surface area (Å²) < 4.78 is 1.63. The minimum Gasteiger partial charge on any atom is -0.354 e. The van der Waals surface area contributed by atoms with Crippen molar-refractivity contribution in [3.05, 3.63) is 48.3 Å². The van der Waals surface area contributed by atoms with Crippen LogP contribution < -0.4 is 5.32 Å². The van der Waals surface area contributed by atoms with E-state index in [1.54, 1.807) is 10.9 Å². The summed E-state index contributed by atoms with van der Waals surface area (Å²) >= 11 is 0. The molecule has 0 saturated heterocycles. The van der Waals surface area contributed by atoms with Gasteiger partial charge < -0.3 is 5.32 Å². The molecule has 0 saturated carbocycles. The van der Waals surface area contributed by atoms with Gasteiger partial charge in [-0.1, -0.05) is 24.3 Å². The molecule has 0 aliphatic carbocycles. The Hall–Kier alpha value is -2.76. The smallest absolute Gasteiger partial charge is 0.255 e. The molecule has 0 spiro atoms. The average molecular weight is 280 g/mol. The maximum Gasteiger partial charge on any atom is 0.255 e. The molecular weight excluding hydrogens is 264 g/mol. The number of benzene rings is 1. The number of hydrogen-bond donors (Lipinski definition) is 1. The van der Waals surface area contributed by atoms with Gasteiger partial charge in [-0.3, -0.25) is 0 Å². The average Bonchev–Trinajstić information content (AvgIpc) is 3.02. The van der Waals surface area contributed by atoms with E-state index in [1.165, 1.54) is 0 Å². The monoisotopic (exact) mass is 280 g/mol. The Morgan fingerprint density at radius 1 is 1.10 bits per heavy atom. The standard InChI is InChI=1S/C15H16N6/c1-3-16-14-18-13(12-8-5-4-7-11(12)2)19-15(20-14)21-10-6-9-17-21/h4-10H,3H2,1-2H3,(H,16,18,19,20). The quantitative estimate of drug-likeness (QED) is 0.795. The number of aryl methyl sites for hydroxylation is 1. The molecule has 1 aromatic carbocycles. The fourth-order valence-electron chi connectivity index (χ4n) is 2.04. The van der Waals surface area contributed by atoms with E-state index in [9.17, 15) is 0 Å². The second-order valence-corrected chi connectivity index (χ2v) is 4.58. The molecule has 3 rings (SSSR count). The molecule has 0 unspecified atom stereocenters. The summed E-state index contributed by atoms with van der Waals surface area (Å²) in [5.41, 5.74) is 2.12. The van der Waals surface area contributed by atoms with Crippen LogP contribution in [0.15, 0.2) is 42.7 Å². The highest BCUT2D eigenvalue weighted by Crippen LogP contribution is 2.21. The normalized spacial score (nSPS) is 10.6. The van der Waals surface area contributed by atoms with E-state index >= 15 is 0 Å². The molecule has 2 heterocycles. The van der Waals surface area contributed by atoms with Gasteiger partial charge in [0.15, 0.2) is 5.82 Å². The molecule has 6 heteroatoms. The third-order valence-electron chi connectivity index (χ3n) is 3.05. The fourth-order valence-corrected chi connectivity index (χ4v) is 2.04. The van der Waals surface area contributed by atoms with Gasteiger partial charge in [-0.05, 0) is 25.5 Å². The van der Waals surface area contributed by atoms with Crippen LogP contribution in [0.1, 0.15) is 12.5 Å². The summed E-state index contributed by atoms with van der Waals surface area (Å²) in [5.74, 6) is 1.70. The third-order valence-corrected chi connectivity index (χ3v) is 3.05. The molecule has 0 bridgehead atoms. The molecule has 0 fully saturated rings. The molecule has 0 radical (unpaired) electrons. The van der Waals surface area contributed by atoms with Crippen molar-refractivity contribution in [3.63, 3.8) is 0 Å². The third kappa shape index (κ3) is 2.74. The molecular formula is C15H16N6. The highest BCUT2D eigenvalue weighted by molar-refractivity contribution is 5.61. The second kappa shape index (κ2) is 5.70. The van der Waals surface area contributed by atoms with Gasteiger partial charge in [0, 0.05) is 24.5 Å². The van der Waals surface area contributed by atoms with Crippen molar-refractivity contribution in [2.75, 3.05) is 11.9 Å². The highest BCUT2D eigenvalue weighted by atomic mass is 15.4. The molecule has 0 atom stereocenters. The summed E-state index contributed by atoms with van der Waals surface area (Å²) in [5, 5.41) is 7.32. The van der Waals surface area contributed by atoms with Crippen molar-refractivity contribution >= 4 is 5.95 Å². The van der Waals surface area contributed by atoms with Crippen LogP contribution in [0.4, 0.5) is 5.95 Å². The van der Waals surface area contributed by atoms with Gasteiger partial charge in [-0.2, -0.15) is 20.1 Å². The van der Waals surface area contributed by atoms with Crippen LogP contribution in [-0.4, -0.2) is 31.3 Å². The maximum atomic E-state index is 4.53. The van der Waals surface area contributed by atoms with Crippen molar-refractivity contribution < 1.29 is 0 Å². The van der Waals surface area contributed by atoms with Gasteiger partial charge in [-0.25, -0.2) is 4.68 Å². The maximum absolute atomic E-state index is 4.53. The summed E-state index contributed by atoms with van der Waals surface area (Å²) in [4.78, 5) is 13.4. The zero-order valence-electron chi connectivity index (χ0n) is 12.0. The van der Waals surface area contributed by atoms with Crippen LogP contribution in [-0.2, 0) is 0 Å². The summed E-state index contributed by atoms with van der Waals surface area (Å²) in [6.45, 7) is 4.79. The van der Waals surface area contributed by atoms with Crippen LogP contribution in [0.25, 0.3) is 17.3 Å². The number of hydrogen-bond acceptors (Lipinski definition) is 5. The first-order chi connectivity index (χ1) is 10.3. The molecule has 21 heavy (non-hydrogen) atoms. The van der Waals surface area contributed by atoms with E-state index in [0.29, 0.717) is 17.7 Å². The van der Waals surface area contributed by atoms with E-state index in [2.05, 4.69) is 25.4 Å². The Kier molecular flexibility index (Phi) is 3.59. The lowest BCUT2D eigenvalue weighted by molar-refractivity contribution is 0.798. The molecule has 106 valence electrons. The molecule has 1 N–H and O–H groups in total. The van der Waals surface area contributed by atoms with E-state index in [-0.39, 0.29) is 0 Å². The number of nitrogens with zero attached hydrogens (tertiary/aromatic N) is 5. The summed E-state index contributed by atoms with van der Waals surface area (Å²) in [7, 11) is 0. The molecule has 6 nitrogen and oxygen atoms in total. The number of nitrogens with one attached hydrogen (secondary N) is 1. The van der Waals surface area contributed by atoms with Crippen molar-refractivity contribution in [3.8, 4) is 17.3 Å². The lowest BCUT2D eigenvalue weighted by Crippen LogP contribution is -2.10. The van der Waals surface area contributed by atoms with Crippen molar-refractivity contribution in [1.82, 2.24) is 24.7 Å².